The van der Waals surface area contributed by atoms with Crippen LogP contribution in [-0.2, 0) is 11.8 Å². The number of rotatable bonds is 6. The van der Waals surface area contributed by atoms with E-state index in [0.717, 1.165) is 36.4 Å². The average molecular weight is 363 g/mol. The van der Waals surface area contributed by atoms with Gasteiger partial charge in [-0.05, 0) is 41.5 Å². The Kier molecular flexibility index (Phi) is 5.42. The maximum atomic E-state index is 12.7. The predicted molar refractivity (Wildman–Crippen MR) is 92.8 cm³/mol. The van der Waals surface area contributed by atoms with E-state index < -0.39 is 0 Å². The van der Waals surface area contributed by atoms with Crippen molar-refractivity contribution >= 4 is 17.7 Å². The number of hydrogen-bond donors (Lipinski definition) is 0. The molecule has 0 bridgehead atoms. The molecule has 1 amide bonds. The normalized spacial score (nSPS) is 16.9. The quantitative estimate of drug-likeness (QED) is 0.722. The molecule has 9 heteroatoms. The van der Waals surface area contributed by atoms with Gasteiger partial charge >= 0.3 is 0 Å². The summed E-state index contributed by atoms with van der Waals surface area (Å²) in [6.45, 7) is 0.738. The number of aromatic nitrogens is 4. The number of carbonyl (C=O) groups is 1. The molecule has 0 saturated carbocycles. The number of carbonyl (C=O) groups excluding carboxylic acids is 1. The molecular formula is C16H21N5O3S. The maximum Gasteiger partial charge on any atom is 0.233 e. The molecule has 8 nitrogen and oxygen atoms in total. The topological polar surface area (TPSA) is 82.4 Å². The van der Waals surface area contributed by atoms with E-state index in [1.165, 1.54) is 11.8 Å². The van der Waals surface area contributed by atoms with Gasteiger partial charge in [-0.3, -0.25) is 4.79 Å². The van der Waals surface area contributed by atoms with Crippen LogP contribution in [0, 0.1) is 0 Å². The Labute approximate surface area is 150 Å². The standard InChI is InChI=1S/C16H21N5O3S/c1-20-16(17-18-19-20)25-10-15(22)21-8-4-5-13(21)12-9-11(23-2)6-7-14(12)24-3/h6-7,9,13H,4-5,8,10H2,1-3H3/t13-/m0/s1. The minimum atomic E-state index is -0.00392. The van der Waals surface area contributed by atoms with Crippen LogP contribution in [0.25, 0.3) is 0 Å². The van der Waals surface area contributed by atoms with Crippen LogP contribution in [0.15, 0.2) is 23.4 Å². The van der Waals surface area contributed by atoms with Crippen LogP contribution in [0.1, 0.15) is 24.4 Å². The lowest BCUT2D eigenvalue weighted by molar-refractivity contribution is -0.129. The van der Waals surface area contributed by atoms with E-state index in [1.807, 2.05) is 23.1 Å². The highest BCUT2D eigenvalue weighted by Gasteiger charge is 2.32. The fraction of sp³-hybridized carbons (Fsp3) is 0.500. The summed E-state index contributed by atoms with van der Waals surface area (Å²) < 4.78 is 12.4. The fourth-order valence-electron chi connectivity index (χ4n) is 3.04. The van der Waals surface area contributed by atoms with Crippen molar-refractivity contribution in [3.63, 3.8) is 0 Å². The van der Waals surface area contributed by atoms with Crippen molar-refractivity contribution in [2.75, 3.05) is 26.5 Å². The second-order valence-electron chi connectivity index (χ2n) is 5.73. The SMILES string of the molecule is COc1ccc(OC)c([C@@H]2CCCN2C(=O)CSc2nnnn2C)c1. The van der Waals surface area contributed by atoms with Crippen LogP contribution < -0.4 is 9.47 Å². The molecule has 0 N–H and O–H groups in total. The van der Waals surface area contributed by atoms with Gasteiger partial charge in [0.1, 0.15) is 11.5 Å². The Balaban J connectivity index is 1.76. The van der Waals surface area contributed by atoms with Gasteiger partial charge in [-0.1, -0.05) is 11.8 Å². The van der Waals surface area contributed by atoms with E-state index in [9.17, 15) is 4.79 Å². The number of ether oxygens (including phenoxy) is 2. The zero-order valence-corrected chi connectivity index (χ0v) is 15.3. The molecule has 2 heterocycles. The molecule has 1 aliphatic rings. The largest absolute Gasteiger partial charge is 0.497 e. The van der Waals surface area contributed by atoms with Crippen molar-refractivity contribution in [3.05, 3.63) is 23.8 Å². The van der Waals surface area contributed by atoms with E-state index >= 15 is 0 Å². The number of tetrazole rings is 1. The average Bonchev–Trinajstić information content (AvgIpc) is 3.28. The molecule has 1 aliphatic heterocycles. The van der Waals surface area contributed by atoms with Crippen LogP contribution in [0.3, 0.4) is 0 Å². The zero-order valence-electron chi connectivity index (χ0n) is 14.5. The van der Waals surface area contributed by atoms with Crippen LogP contribution in [-0.4, -0.2) is 57.5 Å². The number of thioether (sulfide) groups is 1. The first kappa shape index (κ1) is 17.5. The summed E-state index contributed by atoms with van der Waals surface area (Å²) in [5.41, 5.74) is 0.984. The van der Waals surface area contributed by atoms with Gasteiger partial charge in [0.2, 0.25) is 11.1 Å². The first-order chi connectivity index (χ1) is 12.1. The first-order valence-corrected chi connectivity index (χ1v) is 8.99. The second-order valence-corrected chi connectivity index (χ2v) is 6.67. The molecule has 1 saturated heterocycles. The highest BCUT2D eigenvalue weighted by Crippen LogP contribution is 2.39. The Hall–Kier alpha value is -2.29. The minimum absolute atomic E-state index is 0.00392. The fourth-order valence-corrected chi connectivity index (χ4v) is 3.78. The number of methoxy groups -OCH3 is 2. The van der Waals surface area contributed by atoms with Gasteiger partial charge in [-0.15, -0.1) is 5.10 Å². The van der Waals surface area contributed by atoms with Crippen molar-refractivity contribution in [1.82, 2.24) is 25.1 Å². The Morgan fingerprint density at radius 2 is 2.20 bits per heavy atom. The van der Waals surface area contributed by atoms with E-state index in [-0.39, 0.29) is 11.9 Å². The van der Waals surface area contributed by atoms with Gasteiger partial charge < -0.3 is 14.4 Å². The minimum Gasteiger partial charge on any atom is -0.497 e. The molecule has 2 aromatic rings. The molecule has 1 fully saturated rings. The van der Waals surface area contributed by atoms with E-state index in [1.54, 1.807) is 25.9 Å². The molecule has 0 radical (unpaired) electrons. The summed E-state index contributed by atoms with van der Waals surface area (Å²) in [7, 11) is 5.03. The summed E-state index contributed by atoms with van der Waals surface area (Å²) >= 11 is 1.34. The van der Waals surface area contributed by atoms with Gasteiger partial charge in [0, 0.05) is 19.2 Å². The molecule has 0 aliphatic carbocycles. The summed E-state index contributed by atoms with van der Waals surface area (Å²) in [6, 6.07) is 5.69. The summed E-state index contributed by atoms with van der Waals surface area (Å²) in [5, 5.41) is 11.9. The monoisotopic (exact) mass is 363 g/mol. The maximum absolute atomic E-state index is 12.7. The molecule has 1 aromatic heterocycles. The van der Waals surface area contributed by atoms with Crippen LogP contribution in [0.2, 0.25) is 0 Å². The van der Waals surface area contributed by atoms with Crippen LogP contribution >= 0.6 is 11.8 Å². The van der Waals surface area contributed by atoms with Crippen molar-refractivity contribution in [2.45, 2.75) is 24.0 Å². The number of nitrogens with zero attached hydrogens (tertiary/aromatic N) is 5. The lowest BCUT2D eigenvalue weighted by Crippen LogP contribution is -2.32. The molecular weight excluding hydrogens is 342 g/mol. The van der Waals surface area contributed by atoms with Gasteiger partial charge in [0.25, 0.3) is 0 Å². The smallest absolute Gasteiger partial charge is 0.233 e. The number of aryl methyl sites for hydroxylation is 1. The molecule has 1 aromatic carbocycles. The van der Waals surface area contributed by atoms with Crippen molar-refractivity contribution in [3.8, 4) is 11.5 Å². The molecule has 3 rings (SSSR count). The van der Waals surface area contributed by atoms with E-state index in [4.69, 9.17) is 9.47 Å². The molecule has 0 unspecified atom stereocenters. The Morgan fingerprint density at radius 1 is 1.36 bits per heavy atom. The third-order valence-corrected chi connectivity index (χ3v) is 5.27. The first-order valence-electron chi connectivity index (χ1n) is 8.00. The highest BCUT2D eigenvalue weighted by molar-refractivity contribution is 7.99. The third-order valence-electron chi connectivity index (χ3n) is 4.28. The van der Waals surface area contributed by atoms with Crippen molar-refractivity contribution in [2.24, 2.45) is 7.05 Å². The summed E-state index contributed by atoms with van der Waals surface area (Å²) in [4.78, 5) is 14.7. The highest BCUT2D eigenvalue weighted by atomic mass is 32.2. The van der Waals surface area contributed by atoms with Gasteiger partial charge in [-0.25, -0.2) is 4.68 Å². The predicted octanol–water partition coefficient (Wildman–Crippen LogP) is 1.68. The van der Waals surface area contributed by atoms with Gasteiger partial charge in [0.15, 0.2) is 0 Å². The lowest BCUT2D eigenvalue weighted by Gasteiger charge is -2.26. The third kappa shape index (κ3) is 3.71. The van der Waals surface area contributed by atoms with E-state index in [2.05, 4.69) is 15.5 Å². The second kappa shape index (κ2) is 7.73. The molecule has 1 atom stereocenters. The lowest BCUT2D eigenvalue weighted by atomic mass is 10.0. The van der Waals surface area contributed by atoms with Crippen LogP contribution in [0.5, 0.6) is 11.5 Å². The Morgan fingerprint density at radius 3 is 2.88 bits per heavy atom. The molecule has 25 heavy (non-hydrogen) atoms. The number of hydrogen-bond acceptors (Lipinski definition) is 7. The van der Waals surface area contributed by atoms with Gasteiger partial charge in [0.05, 0.1) is 26.0 Å². The number of likely N-dealkylation sites (tertiary alicyclic amines) is 1. The van der Waals surface area contributed by atoms with Crippen molar-refractivity contribution < 1.29 is 14.3 Å². The summed E-state index contributed by atoms with van der Waals surface area (Å²) in [5.74, 6) is 1.91. The number of benzene rings is 1. The van der Waals surface area contributed by atoms with E-state index in [0.29, 0.717) is 10.9 Å². The zero-order chi connectivity index (χ0) is 17.8. The van der Waals surface area contributed by atoms with Gasteiger partial charge in [-0.2, -0.15) is 0 Å². The number of amides is 1. The summed E-state index contributed by atoms with van der Waals surface area (Å²) in [6.07, 6.45) is 1.87. The van der Waals surface area contributed by atoms with Crippen molar-refractivity contribution in [1.29, 1.82) is 0 Å². The molecule has 0 spiro atoms. The Bertz CT molecular complexity index is 751. The molecule has 134 valence electrons. The van der Waals surface area contributed by atoms with Crippen LogP contribution in [0.4, 0.5) is 0 Å².